The summed E-state index contributed by atoms with van der Waals surface area (Å²) in [5.41, 5.74) is 10.6. The Morgan fingerprint density at radius 3 is 2.89 bits per heavy atom. The van der Waals surface area contributed by atoms with Gasteiger partial charge in [0, 0.05) is 25.2 Å². The number of rotatable bonds is 2. The first-order chi connectivity index (χ1) is 8.79. The van der Waals surface area contributed by atoms with Gasteiger partial charge in [0.25, 0.3) is 0 Å². The molecule has 3 nitrogen and oxygen atoms in total. The number of allylic oxidation sites excluding steroid dienone is 1. The van der Waals surface area contributed by atoms with Crippen LogP contribution in [0.3, 0.4) is 0 Å². The van der Waals surface area contributed by atoms with Crippen LogP contribution in [0.15, 0.2) is 24.3 Å². The summed E-state index contributed by atoms with van der Waals surface area (Å²) >= 11 is 0. The molecule has 1 aromatic carbocycles. The molecule has 3 rings (SSSR count). The maximum Gasteiger partial charge on any atom is 0.227 e. The number of benzene rings is 1. The molecular weight excluding hydrogens is 224 g/mol. The van der Waals surface area contributed by atoms with Crippen LogP contribution in [0.5, 0.6) is 0 Å². The normalized spacial score (nSPS) is 18.8. The predicted molar refractivity (Wildman–Crippen MR) is 73.4 cm³/mol. The van der Waals surface area contributed by atoms with Gasteiger partial charge < -0.3 is 10.6 Å². The fraction of sp³-hybridized carbons (Fsp3) is 0.400. The number of carbonyl (C=O) groups excluding carboxylic acids is 1. The second kappa shape index (κ2) is 4.58. The Morgan fingerprint density at radius 2 is 2.17 bits per heavy atom. The van der Waals surface area contributed by atoms with Crippen molar-refractivity contribution in [3.63, 3.8) is 0 Å². The highest BCUT2D eigenvalue weighted by molar-refractivity contribution is 5.95. The lowest BCUT2D eigenvalue weighted by atomic mass is 9.90. The fourth-order valence-corrected chi connectivity index (χ4v) is 2.89. The molecule has 0 bridgehead atoms. The highest BCUT2D eigenvalue weighted by atomic mass is 16.2. The number of carbonyl (C=O) groups is 1. The van der Waals surface area contributed by atoms with Gasteiger partial charge in [-0.1, -0.05) is 12.1 Å². The first-order valence-electron chi connectivity index (χ1n) is 6.62. The van der Waals surface area contributed by atoms with Gasteiger partial charge in [0.2, 0.25) is 5.91 Å². The minimum absolute atomic E-state index is 0.250. The van der Waals surface area contributed by atoms with Crippen molar-refractivity contribution < 1.29 is 4.79 Å². The number of fused-ring (bicyclic) bond motifs is 1. The van der Waals surface area contributed by atoms with Crippen LogP contribution >= 0.6 is 0 Å². The quantitative estimate of drug-likeness (QED) is 0.863. The minimum atomic E-state index is 0.250. The molecule has 94 valence electrons. The smallest absolute Gasteiger partial charge is 0.227 e. The summed E-state index contributed by atoms with van der Waals surface area (Å²) in [7, 11) is 0. The van der Waals surface area contributed by atoms with Gasteiger partial charge in [0.1, 0.15) is 0 Å². The molecular formula is C15H18N2O. The largest absolute Gasteiger partial charge is 0.326 e. The second-order valence-electron chi connectivity index (χ2n) is 4.96. The zero-order valence-electron chi connectivity index (χ0n) is 10.5. The molecule has 0 radical (unpaired) electrons. The molecule has 18 heavy (non-hydrogen) atoms. The highest BCUT2D eigenvalue weighted by Gasteiger charge is 2.22. The van der Waals surface area contributed by atoms with Crippen molar-refractivity contribution in [1.29, 1.82) is 0 Å². The Bertz CT molecular complexity index is 519. The molecule has 1 aliphatic heterocycles. The van der Waals surface area contributed by atoms with E-state index >= 15 is 0 Å². The Hall–Kier alpha value is -1.61. The maximum absolute atomic E-state index is 11.8. The average molecular weight is 242 g/mol. The molecule has 2 aliphatic rings. The van der Waals surface area contributed by atoms with Crippen LogP contribution in [0, 0.1) is 0 Å². The van der Waals surface area contributed by atoms with Gasteiger partial charge in [0.15, 0.2) is 0 Å². The number of hydrogen-bond acceptors (Lipinski definition) is 2. The van der Waals surface area contributed by atoms with Crippen LogP contribution in [0.2, 0.25) is 0 Å². The Balaban J connectivity index is 1.96. The predicted octanol–water partition coefficient (Wildman–Crippen LogP) is 2.10. The van der Waals surface area contributed by atoms with Crippen molar-refractivity contribution in [2.75, 3.05) is 18.0 Å². The lowest BCUT2D eigenvalue weighted by Crippen LogP contribution is -2.24. The SMILES string of the molecule is NCC1=CCCc2cc(N3CCCC3=O)ccc21. The number of anilines is 1. The van der Waals surface area contributed by atoms with Crippen LogP contribution in [0.1, 0.15) is 30.4 Å². The van der Waals surface area contributed by atoms with Crippen molar-refractivity contribution in [2.24, 2.45) is 5.73 Å². The zero-order chi connectivity index (χ0) is 12.5. The van der Waals surface area contributed by atoms with E-state index in [-0.39, 0.29) is 5.91 Å². The molecule has 1 fully saturated rings. The average Bonchev–Trinajstić information content (AvgIpc) is 2.83. The Labute approximate surface area is 107 Å². The summed E-state index contributed by atoms with van der Waals surface area (Å²) in [5.74, 6) is 0.250. The van der Waals surface area contributed by atoms with Crippen LogP contribution in [-0.4, -0.2) is 19.0 Å². The van der Waals surface area contributed by atoms with E-state index in [1.165, 1.54) is 16.7 Å². The number of nitrogens with zero attached hydrogens (tertiary/aromatic N) is 1. The van der Waals surface area contributed by atoms with Crippen molar-refractivity contribution in [3.05, 3.63) is 35.4 Å². The summed E-state index contributed by atoms with van der Waals surface area (Å²) in [6, 6.07) is 6.34. The van der Waals surface area contributed by atoms with E-state index in [9.17, 15) is 4.79 Å². The summed E-state index contributed by atoms with van der Waals surface area (Å²) in [4.78, 5) is 13.7. The lowest BCUT2D eigenvalue weighted by Gasteiger charge is -2.21. The molecule has 0 saturated carbocycles. The first kappa shape index (κ1) is 11.5. The molecule has 0 spiro atoms. The van der Waals surface area contributed by atoms with E-state index in [4.69, 9.17) is 5.73 Å². The molecule has 0 atom stereocenters. The van der Waals surface area contributed by atoms with E-state index < -0.39 is 0 Å². The first-order valence-corrected chi connectivity index (χ1v) is 6.62. The van der Waals surface area contributed by atoms with Gasteiger partial charge in [-0.15, -0.1) is 0 Å². The van der Waals surface area contributed by atoms with Gasteiger partial charge >= 0.3 is 0 Å². The van der Waals surface area contributed by atoms with Gasteiger partial charge in [-0.05, 0) is 48.1 Å². The number of amides is 1. The highest BCUT2D eigenvalue weighted by Crippen LogP contribution is 2.30. The third-order valence-electron chi connectivity index (χ3n) is 3.84. The molecule has 0 unspecified atom stereocenters. The number of hydrogen-bond donors (Lipinski definition) is 1. The minimum Gasteiger partial charge on any atom is -0.326 e. The van der Waals surface area contributed by atoms with E-state index in [1.807, 2.05) is 4.90 Å². The van der Waals surface area contributed by atoms with Gasteiger partial charge in [-0.2, -0.15) is 0 Å². The van der Waals surface area contributed by atoms with Gasteiger partial charge in [-0.3, -0.25) is 4.79 Å². The van der Waals surface area contributed by atoms with Gasteiger partial charge in [-0.25, -0.2) is 0 Å². The summed E-state index contributed by atoms with van der Waals surface area (Å²) in [6.07, 6.45) is 5.99. The summed E-state index contributed by atoms with van der Waals surface area (Å²) in [5, 5.41) is 0. The molecule has 1 heterocycles. The Morgan fingerprint density at radius 1 is 1.28 bits per heavy atom. The van der Waals surface area contributed by atoms with Crippen molar-refractivity contribution >= 4 is 17.2 Å². The van der Waals surface area contributed by atoms with Crippen LogP contribution in [-0.2, 0) is 11.2 Å². The Kier molecular flexibility index (Phi) is 2.92. The third kappa shape index (κ3) is 1.85. The third-order valence-corrected chi connectivity index (χ3v) is 3.84. The molecule has 0 aromatic heterocycles. The molecule has 1 aromatic rings. The number of aryl methyl sites for hydroxylation is 1. The van der Waals surface area contributed by atoms with E-state index in [0.717, 1.165) is 31.5 Å². The molecule has 3 heteroatoms. The zero-order valence-corrected chi connectivity index (χ0v) is 10.5. The van der Waals surface area contributed by atoms with E-state index in [1.54, 1.807) is 0 Å². The van der Waals surface area contributed by atoms with Gasteiger partial charge in [0.05, 0.1) is 0 Å². The fourth-order valence-electron chi connectivity index (χ4n) is 2.89. The van der Waals surface area contributed by atoms with Crippen LogP contribution in [0.4, 0.5) is 5.69 Å². The van der Waals surface area contributed by atoms with E-state index in [0.29, 0.717) is 13.0 Å². The standard InChI is InChI=1S/C15H18N2O/c16-10-12-4-1-3-11-9-13(6-7-14(11)12)17-8-2-5-15(17)18/h4,6-7,9H,1-3,5,8,10,16H2. The maximum atomic E-state index is 11.8. The summed E-state index contributed by atoms with van der Waals surface area (Å²) in [6.45, 7) is 1.45. The van der Waals surface area contributed by atoms with Crippen molar-refractivity contribution in [3.8, 4) is 0 Å². The number of nitrogens with two attached hydrogens (primary N) is 1. The molecule has 1 amide bonds. The molecule has 2 N–H and O–H groups in total. The van der Waals surface area contributed by atoms with Crippen molar-refractivity contribution in [1.82, 2.24) is 0 Å². The van der Waals surface area contributed by atoms with Crippen molar-refractivity contribution in [2.45, 2.75) is 25.7 Å². The molecule has 1 aliphatic carbocycles. The second-order valence-corrected chi connectivity index (χ2v) is 4.96. The van der Waals surface area contributed by atoms with E-state index in [2.05, 4.69) is 24.3 Å². The molecule has 1 saturated heterocycles. The summed E-state index contributed by atoms with van der Waals surface area (Å²) < 4.78 is 0. The monoisotopic (exact) mass is 242 g/mol. The van der Waals surface area contributed by atoms with Crippen LogP contribution in [0.25, 0.3) is 5.57 Å². The lowest BCUT2D eigenvalue weighted by molar-refractivity contribution is -0.117. The van der Waals surface area contributed by atoms with Crippen LogP contribution < -0.4 is 10.6 Å². The topological polar surface area (TPSA) is 46.3 Å².